The molecule has 9 heterocycles. The van der Waals surface area contributed by atoms with Gasteiger partial charge < -0.3 is 29.2 Å². The van der Waals surface area contributed by atoms with Crippen molar-refractivity contribution in [2.45, 2.75) is 153 Å². The number of benzene rings is 1. The van der Waals surface area contributed by atoms with E-state index in [1.165, 1.54) is 46.6 Å². The Morgan fingerprint density at radius 1 is 0.962 bits per heavy atom. The molecule has 1 spiro atoms. The lowest BCUT2D eigenvalue weighted by molar-refractivity contribution is -0.197. The number of anilines is 1. The van der Waals surface area contributed by atoms with Gasteiger partial charge in [0.15, 0.2) is 0 Å². The van der Waals surface area contributed by atoms with Gasteiger partial charge in [-0.25, -0.2) is 10.4 Å². The summed E-state index contributed by atoms with van der Waals surface area (Å²) in [7, 11) is 0. The molecule has 6 aliphatic heterocycles. The highest BCUT2D eigenvalue weighted by atomic mass is 32.1. The summed E-state index contributed by atoms with van der Waals surface area (Å²) in [6.07, 6.45) is 3.28. The molecule has 17 nitrogen and oxygen atoms in total. The molecule has 2 saturated carbocycles. The van der Waals surface area contributed by atoms with Gasteiger partial charge in [0.25, 0.3) is 5.91 Å². The minimum atomic E-state index is -4.57. The van der Waals surface area contributed by atoms with E-state index in [-0.39, 0.29) is 55.2 Å². The van der Waals surface area contributed by atoms with Crippen molar-refractivity contribution in [3.05, 3.63) is 52.1 Å². The zero-order valence-corrected chi connectivity index (χ0v) is 47.2. The van der Waals surface area contributed by atoms with Gasteiger partial charge in [-0.05, 0) is 86.5 Å². The molecule has 12 rings (SSSR count). The monoisotopic (exact) mass is 1110 g/mol. The third-order valence-electron chi connectivity index (χ3n) is 17.7. The summed E-state index contributed by atoms with van der Waals surface area (Å²) >= 11 is 1.34. The van der Waals surface area contributed by atoms with Crippen LogP contribution in [0.25, 0.3) is 33.4 Å². The van der Waals surface area contributed by atoms with Crippen LogP contribution >= 0.6 is 11.3 Å². The van der Waals surface area contributed by atoms with E-state index >= 15 is 13.2 Å². The number of aromatic nitrogens is 3. The smallest absolute Gasteiger partial charge is 0.406 e. The number of hydrogen-bond acceptors (Lipinski definition) is 14. The van der Waals surface area contributed by atoms with Gasteiger partial charge in [0.05, 0.1) is 66.3 Å². The summed E-state index contributed by atoms with van der Waals surface area (Å²) in [5.41, 5.74) is 6.81. The number of rotatable bonds is 11. The van der Waals surface area contributed by atoms with Gasteiger partial charge in [0.1, 0.15) is 30.3 Å². The molecule has 3 aromatic heterocycles. The number of pyridine rings is 1. The second-order valence-electron chi connectivity index (χ2n) is 25.3. The Labute approximate surface area is 464 Å². The molecule has 4 aromatic rings. The summed E-state index contributed by atoms with van der Waals surface area (Å²) in [5.74, 6) is -0.849. The number of carbonyl (C=O) groups excluding carboxylic acids is 4. The number of hydrogen-bond donors (Lipinski definition) is 3. The number of morpholine rings is 1. The molecular weight excluding hydrogens is 1040 g/mol. The van der Waals surface area contributed by atoms with E-state index in [0.29, 0.717) is 114 Å². The molecule has 3 amide bonds. The molecule has 0 unspecified atom stereocenters. The zero-order chi connectivity index (χ0) is 55.3. The van der Waals surface area contributed by atoms with E-state index in [1.54, 1.807) is 12.1 Å². The lowest BCUT2D eigenvalue weighted by Crippen LogP contribution is -2.73. The van der Waals surface area contributed by atoms with Crippen LogP contribution in [0.3, 0.4) is 0 Å². The van der Waals surface area contributed by atoms with E-state index in [1.807, 2.05) is 70.2 Å². The maximum Gasteiger partial charge on any atom is 0.406 e. The van der Waals surface area contributed by atoms with Crippen LogP contribution in [0.1, 0.15) is 102 Å². The number of esters is 1. The number of fused-ring (bicyclic) bond motifs is 6. The largest absolute Gasteiger partial charge is 0.464 e. The zero-order valence-electron chi connectivity index (χ0n) is 46.4. The van der Waals surface area contributed by atoms with Gasteiger partial charge in [-0.3, -0.25) is 44.3 Å². The van der Waals surface area contributed by atoms with Crippen molar-refractivity contribution in [1.82, 2.24) is 50.3 Å². The Morgan fingerprint density at radius 3 is 2.44 bits per heavy atom. The van der Waals surface area contributed by atoms with E-state index in [2.05, 4.69) is 30.8 Å². The highest BCUT2D eigenvalue weighted by Crippen LogP contribution is 2.45. The van der Waals surface area contributed by atoms with Gasteiger partial charge in [-0.2, -0.15) is 13.2 Å². The van der Waals surface area contributed by atoms with Gasteiger partial charge in [0, 0.05) is 97.1 Å². The molecule has 426 valence electrons. The SMILES string of the molecule is CC(C)c1ncc(N2CCN(C3CC3)CC2)cc1-c1c2c3cc(ccc3n1CC(F)(F)F)-c1csc(n1)C[C@H](NC(=O)[C@H](C(C)C)N1CCOC3(CN(C(=O)[C@@H]4N[C@@H]4C4CC4)C3)C1)C(=O)N1CCC[C@H](N1)C(=O)OCC(C)(C)C2. The van der Waals surface area contributed by atoms with Crippen molar-refractivity contribution < 1.29 is 41.8 Å². The number of nitrogens with zero attached hydrogens (tertiary/aromatic N) is 8. The molecule has 0 radical (unpaired) electrons. The third kappa shape index (κ3) is 11.3. The van der Waals surface area contributed by atoms with Crippen LogP contribution in [0.15, 0.2) is 35.8 Å². The molecule has 21 heteroatoms. The second kappa shape index (κ2) is 21.0. The molecule has 3 N–H and O–H groups in total. The van der Waals surface area contributed by atoms with Gasteiger partial charge in [0.2, 0.25) is 11.8 Å². The fourth-order valence-corrected chi connectivity index (χ4v) is 14.1. The summed E-state index contributed by atoms with van der Waals surface area (Å²) < 4.78 is 59.3. The topological polar surface area (TPSA) is 180 Å². The summed E-state index contributed by atoms with van der Waals surface area (Å²) in [5, 5.41) is 11.0. The number of ether oxygens (including phenoxy) is 2. The van der Waals surface area contributed by atoms with Crippen molar-refractivity contribution >= 4 is 51.6 Å². The Hall–Kier alpha value is -5.19. The molecular formula is C58H76F3N11O6S. The van der Waals surface area contributed by atoms with Crippen LogP contribution in [0.4, 0.5) is 18.9 Å². The minimum absolute atomic E-state index is 0.0409. The number of amides is 3. The summed E-state index contributed by atoms with van der Waals surface area (Å²) in [6.45, 7) is 16.6. The average molecular weight is 1110 g/mol. The molecule has 7 fully saturated rings. The summed E-state index contributed by atoms with van der Waals surface area (Å²) in [4.78, 5) is 76.2. The van der Waals surface area contributed by atoms with Gasteiger partial charge >= 0.3 is 12.1 Å². The fourth-order valence-electron chi connectivity index (χ4n) is 13.3. The molecule has 1 aromatic carbocycles. The highest BCUT2D eigenvalue weighted by Gasteiger charge is 2.57. The number of hydrazine groups is 1. The third-order valence-corrected chi connectivity index (χ3v) is 18.5. The van der Waals surface area contributed by atoms with Crippen LogP contribution in [-0.4, -0.2) is 178 Å². The first-order chi connectivity index (χ1) is 37.7. The van der Waals surface area contributed by atoms with Crippen molar-refractivity contribution in [2.24, 2.45) is 17.3 Å². The van der Waals surface area contributed by atoms with Crippen LogP contribution in [0, 0.1) is 17.3 Å². The maximum atomic E-state index is 15.1. The highest BCUT2D eigenvalue weighted by molar-refractivity contribution is 7.10. The maximum absolute atomic E-state index is 15.1. The average Bonchev–Trinajstić information content (AvgIpc) is 4.43. The quantitative estimate of drug-likeness (QED) is 0.116. The van der Waals surface area contributed by atoms with E-state index < -0.39 is 53.7 Å². The van der Waals surface area contributed by atoms with Crippen molar-refractivity contribution in [3.8, 4) is 22.5 Å². The molecule has 2 aliphatic carbocycles. The van der Waals surface area contributed by atoms with Crippen LogP contribution in [-0.2, 0) is 48.0 Å². The number of nitrogens with one attached hydrogen (secondary N) is 3. The number of halogens is 3. The van der Waals surface area contributed by atoms with Crippen molar-refractivity contribution in [1.29, 1.82) is 0 Å². The minimum Gasteiger partial charge on any atom is -0.464 e. The van der Waals surface area contributed by atoms with E-state index in [9.17, 15) is 19.2 Å². The number of likely N-dealkylation sites (tertiary alicyclic amines) is 1. The fraction of sp³-hybridized carbons (Fsp3) is 0.655. The van der Waals surface area contributed by atoms with Crippen LogP contribution in [0.5, 0.6) is 0 Å². The first-order valence-electron chi connectivity index (χ1n) is 28.8. The Morgan fingerprint density at radius 2 is 1.73 bits per heavy atom. The molecule has 8 aliphatic rings. The number of carbonyl (C=O) groups is 4. The number of alkyl halides is 3. The lowest BCUT2D eigenvalue weighted by Gasteiger charge is -2.55. The molecule has 5 atom stereocenters. The molecule has 6 bridgehead atoms. The summed E-state index contributed by atoms with van der Waals surface area (Å²) in [6, 6.07) is 5.74. The first-order valence-corrected chi connectivity index (χ1v) is 29.7. The normalized spacial score (nSPS) is 26.3. The molecule has 5 saturated heterocycles. The Kier molecular flexibility index (Phi) is 14.4. The first kappa shape index (κ1) is 54.4. The predicted octanol–water partition coefficient (Wildman–Crippen LogP) is 6.13. The van der Waals surface area contributed by atoms with E-state index in [4.69, 9.17) is 19.4 Å². The lowest BCUT2D eigenvalue weighted by atomic mass is 9.84. The van der Waals surface area contributed by atoms with Gasteiger partial charge in [-0.1, -0.05) is 47.6 Å². The number of piperazine rings is 1. The standard InChI is InChI=1S/C58H76F3N11O6S/c1-33(2)47-40(23-38(26-62-47)68-18-16-67(17-19-68)37-12-13-37)51-41-25-56(5,6)32-77-55(76)42-8-7-15-72(66-42)53(74)43(24-46-63-44(27-79-46)36-11-14-45(39(41)22-36)71(51)31-58(59,60)61)64-52(73)50(34(3)4)69-20-21-78-57(28-69)29-70(30-57)54(75)49-48(65-49)35-9-10-35/h11,14,22-23,26-27,33-35,37,42-43,48-50,65-66H,7-10,12-13,15-21,24-25,28-32H2,1-6H3,(H,64,73)/t42-,43-,48+,49+,50-/m0/s1. The van der Waals surface area contributed by atoms with Crippen LogP contribution < -0.4 is 21.0 Å². The van der Waals surface area contributed by atoms with Crippen LogP contribution in [0.2, 0.25) is 0 Å². The van der Waals surface area contributed by atoms with Crippen molar-refractivity contribution in [2.75, 3.05) is 77.0 Å². The number of cyclic esters (lactones) is 1. The predicted molar refractivity (Wildman–Crippen MR) is 294 cm³/mol. The Balaban J connectivity index is 0.876. The van der Waals surface area contributed by atoms with Crippen molar-refractivity contribution in [3.63, 3.8) is 0 Å². The second-order valence-corrected chi connectivity index (χ2v) is 26.3. The van der Waals surface area contributed by atoms with E-state index in [0.717, 1.165) is 31.9 Å². The van der Waals surface area contributed by atoms with Gasteiger partial charge in [-0.15, -0.1) is 11.3 Å². The number of thiazole rings is 1. The molecule has 79 heavy (non-hydrogen) atoms. The Bertz CT molecular complexity index is 2990.